The highest BCUT2D eigenvalue weighted by molar-refractivity contribution is 5.31. The maximum atomic E-state index is 5.65. The van der Waals surface area contributed by atoms with Gasteiger partial charge in [0, 0.05) is 5.92 Å². The summed E-state index contributed by atoms with van der Waals surface area (Å²) in [7, 11) is 1.64. The summed E-state index contributed by atoms with van der Waals surface area (Å²) in [5.41, 5.74) is 0.901. The van der Waals surface area contributed by atoms with Gasteiger partial charge in [0.2, 0.25) is 0 Å². The fourth-order valence-electron chi connectivity index (χ4n) is 1.43. The third-order valence-electron chi connectivity index (χ3n) is 2.50. The quantitative estimate of drug-likeness (QED) is 0.858. The molecule has 2 aromatic rings. The topological polar surface area (TPSA) is 60.0 Å². The van der Waals surface area contributed by atoms with Gasteiger partial charge >= 0.3 is 0 Å². The van der Waals surface area contributed by atoms with Crippen molar-refractivity contribution in [2.45, 2.75) is 12.8 Å². The van der Waals surface area contributed by atoms with Crippen molar-refractivity contribution < 1.29 is 9.47 Å². The molecular formula is C12H15N3O2. The van der Waals surface area contributed by atoms with Gasteiger partial charge in [0.05, 0.1) is 25.6 Å². The summed E-state index contributed by atoms with van der Waals surface area (Å²) in [6, 6.07) is 7.51. The second kappa shape index (κ2) is 5.34. The minimum Gasteiger partial charge on any atom is -0.497 e. The van der Waals surface area contributed by atoms with Crippen molar-refractivity contribution in [3.05, 3.63) is 36.2 Å². The fourth-order valence-corrected chi connectivity index (χ4v) is 1.43. The van der Waals surface area contributed by atoms with Crippen molar-refractivity contribution in [2.75, 3.05) is 13.7 Å². The number of benzene rings is 1. The van der Waals surface area contributed by atoms with E-state index in [4.69, 9.17) is 9.47 Å². The Morgan fingerprint density at radius 2 is 1.94 bits per heavy atom. The van der Waals surface area contributed by atoms with Crippen molar-refractivity contribution in [1.29, 1.82) is 0 Å². The standard InChI is InChI=1S/C12H15N3O2/c1-9(12-7-13-15-14-12)8-17-11-5-3-10(16-2)4-6-11/h3-7,9H,8H2,1-2H3,(H,13,14,15). The van der Waals surface area contributed by atoms with E-state index in [-0.39, 0.29) is 5.92 Å². The first kappa shape index (κ1) is 11.4. The summed E-state index contributed by atoms with van der Waals surface area (Å²) in [6.07, 6.45) is 1.71. The molecule has 90 valence electrons. The minimum absolute atomic E-state index is 0.204. The maximum absolute atomic E-state index is 5.65. The average Bonchev–Trinajstić information content (AvgIpc) is 2.90. The molecule has 0 aliphatic carbocycles. The van der Waals surface area contributed by atoms with Gasteiger partial charge in [0.1, 0.15) is 11.5 Å². The van der Waals surface area contributed by atoms with Crippen LogP contribution in [0.1, 0.15) is 18.5 Å². The van der Waals surface area contributed by atoms with Crippen LogP contribution in [0.15, 0.2) is 30.5 Å². The monoisotopic (exact) mass is 233 g/mol. The van der Waals surface area contributed by atoms with Crippen LogP contribution >= 0.6 is 0 Å². The molecule has 0 aliphatic heterocycles. The molecule has 5 nitrogen and oxygen atoms in total. The predicted octanol–water partition coefficient (Wildman–Crippen LogP) is 2.00. The first-order valence-electron chi connectivity index (χ1n) is 5.42. The van der Waals surface area contributed by atoms with Crippen LogP contribution in [0.25, 0.3) is 0 Å². The van der Waals surface area contributed by atoms with E-state index in [1.807, 2.05) is 31.2 Å². The van der Waals surface area contributed by atoms with Gasteiger partial charge in [-0.3, -0.25) is 0 Å². The van der Waals surface area contributed by atoms with E-state index in [9.17, 15) is 0 Å². The van der Waals surface area contributed by atoms with Gasteiger partial charge in [-0.05, 0) is 24.3 Å². The lowest BCUT2D eigenvalue weighted by atomic mass is 10.1. The number of hydrogen-bond donors (Lipinski definition) is 1. The van der Waals surface area contributed by atoms with Crippen LogP contribution < -0.4 is 9.47 Å². The Balaban J connectivity index is 1.89. The number of methoxy groups -OCH3 is 1. The molecule has 0 saturated carbocycles. The highest BCUT2D eigenvalue weighted by atomic mass is 16.5. The molecule has 0 spiro atoms. The molecule has 0 bridgehead atoms. The highest BCUT2D eigenvalue weighted by Crippen LogP contribution is 2.19. The number of aromatic nitrogens is 3. The van der Waals surface area contributed by atoms with Crippen molar-refractivity contribution >= 4 is 0 Å². The summed E-state index contributed by atoms with van der Waals surface area (Å²) >= 11 is 0. The molecule has 0 radical (unpaired) electrons. The second-order valence-corrected chi connectivity index (χ2v) is 3.78. The molecule has 1 aromatic heterocycles. The molecule has 5 heteroatoms. The molecule has 1 atom stereocenters. The third-order valence-corrected chi connectivity index (χ3v) is 2.50. The summed E-state index contributed by atoms with van der Waals surface area (Å²) in [4.78, 5) is 0. The molecule has 2 rings (SSSR count). The lowest BCUT2D eigenvalue weighted by Gasteiger charge is -2.10. The summed E-state index contributed by atoms with van der Waals surface area (Å²) < 4.78 is 10.7. The molecule has 1 N–H and O–H groups in total. The number of hydrogen-bond acceptors (Lipinski definition) is 4. The SMILES string of the molecule is COc1ccc(OCC(C)c2cn[nH]n2)cc1. The second-order valence-electron chi connectivity index (χ2n) is 3.78. The minimum atomic E-state index is 0.204. The van der Waals surface area contributed by atoms with Gasteiger partial charge in [0.25, 0.3) is 0 Å². The molecule has 0 fully saturated rings. The van der Waals surface area contributed by atoms with Crippen LogP contribution in [-0.4, -0.2) is 29.1 Å². The zero-order chi connectivity index (χ0) is 12.1. The lowest BCUT2D eigenvalue weighted by molar-refractivity contribution is 0.293. The van der Waals surface area contributed by atoms with Crippen LogP contribution in [0.2, 0.25) is 0 Å². The van der Waals surface area contributed by atoms with Gasteiger partial charge in [-0.2, -0.15) is 15.4 Å². The smallest absolute Gasteiger partial charge is 0.119 e. The molecule has 0 amide bonds. The Kier molecular flexibility index (Phi) is 3.59. The number of rotatable bonds is 5. The van der Waals surface area contributed by atoms with Crippen LogP contribution in [0.4, 0.5) is 0 Å². The van der Waals surface area contributed by atoms with E-state index >= 15 is 0 Å². The Hall–Kier alpha value is -2.04. The summed E-state index contributed by atoms with van der Waals surface area (Å²) in [5.74, 6) is 1.85. The zero-order valence-corrected chi connectivity index (χ0v) is 9.88. The van der Waals surface area contributed by atoms with E-state index in [0.29, 0.717) is 6.61 Å². The normalized spacial score (nSPS) is 12.1. The van der Waals surface area contributed by atoms with Gasteiger partial charge < -0.3 is 9.47 Å². The zero-order valence-electron chi connectivity index (χ0n) is 9.88. The maximum Gasteiger partial charge on any atom is 0.119 e. The Bertz CT molecular complexity index is 439. The first-order valence-corrected chi connectivity index (χ1v) is 5.42. The molecular weight excluding hydrogens is 218 g/mol. The fraction of sp³-hybridized carbons (Fsp3) is 0.333. The van der Waals surface area contributed by atoms with Gasteiger partial charge in [0.15, 0.2) is 0 Å². The Morgan fingerprint density at radius 3 is 2.53 bits per heavy atom. The number of nitrogens with zero attached hydrogens (tertiary/aromatic N) is 2. The van der Waals surface area contributed by atoms with Crippen molar-refractivity contribution in [2.24, 2.45) is 0 Å². The first-order chi connectivity index (χ1) is 8.29. The largest absolute Gasteiger partial charge is 0.497 e. The lowest BCUT2D eigenvalue weighted by Crippen LogP contribution is -2.07. The highest BCUT2D eigenvalue weighted by Gasteiger charge is 2.09. The van der Waals surface area contributed by atoms with Crippen LogP contribution in [-0.2, 0) is 0 Å². The predicted molar refractivity (Wildman–Crippen MR) is 63.3 cm³/mol. The van der Waals surface area contributed by atoms with Crippen molar-refractivity contribution in [1.82, 2.24) is 15.4 Å². The van der Waals surface area contributed by atoms with E-state index in [1.165, 1.54) is 0 Å². The average molecular weight is 233 g/mol. The molecule has 0 aliphatic rings. The number of ether oxygens (including phenoxy) is 2. The van der Waals surface area contributed by atoms with Crippen LogP contribution in [0.5, 0.6) is 11.5 Å². The number of H-pyrrole nitrogens is 1. The van der Waals surface area contributed by atoms with E-state index < -0.39 is 0 Å². The Labute approximate surface area is 99.8 Å². The van der Waals surface area contributed by atoms with E-state index in [1.54, 1.807) is 13.3 Å². The van der Waals surface area contributed by atoms with Crippen molar-refractivity contribution in [3.63, 3.8) is 0 Å². The van der Waals surface area contributed by atoms with Gasteiger partial charge in [-0.15, -0.1) is 0 Å². The molecule has 17 heavy (non-hydrogen) atoms. The van der Waals surface area contributed by atoms with E-state index in [0.717, 1.165) is 17.2 Å². The van der Waals surface area contributed by atoms with E-state index in [2.05, 4.69) is 15.4 Å². The molecule has 1 aromatic carbocycles. The summed E-state index contributed by atoms with van der Waals surface area (Å²) in [6.45, 7) is 2.61. The molecule has 0 saturated heterocycles. The van der Waals surface area contributed by atoms with Crippen LogP contribution in [0.3, 0.4) is 0 Å². The van der Waals surface area contributed by atoms with Gasteiger partial charge in [-0.25, -0.2) is 0 Å². The molecule has 1 unspecified atom stereocenters. The molecule has 1 heterocycles. The Morgan fingerprint density at radius 1 is 1.24 bits per heavy atom. The van der Waals surface area contributed by atoms with Gasteiger partial charge in [-0.1, -0.05) is 6.92 Å². The third kappa shape index (κ3) is 2.96. The van der Waals surface area contributed by atoms with Crippen LogP contribution in [0, 0.1) is 0 Å². The number of aromatic amines is 1. The number of nitrogens with one attached hydrogen (secondary N) is 1. The summed E-state index contributed by atoms with van der Waals surface area (Å²) in [5, 5.41) is 10.4. The van der Waals surface area contributed by atoms with Crippen molar-refractivity contribution in [3.8, 4) is 11.5 Å².